The van der Waals surface area contributed by atoms with Crippen molar-refractivity contribution in [2.24, 2.45) is 0 Å². The molecule has 2 aromatic carbocycles. The Labute approximate surface area is 207 Å². The molecule has 5 rings (SSSR count). The van der Waals surface area contributed by atoms with E-state index in [2.05, 4.69) is 21.8 Å². The van der Waals surface area contributed by atoms with E-state index in [0.717, 1.165) is 17.0 Å². The molecule has 10 heteroatoms. The third-order valence-corrected chi connectivity index (χ3v) is 5.61. The summed E-state index contributed by atoms with van der Waals surface area (Å²) in [7, 11) is 0. The zero-order valence-electron chi connectivity index (χ0n) is 19.4. The van der Waals surface area contributed by atoms with E-state index in [1.807, 2.05) is 61.5 Å². The van der Waals surface area contributed by atoms with Gasteiger partial charge in [-0.1, -0.05) is 18.2 Å². The van der Waals surface area contributed by atoms with Crippen LogP contribution in [0, 0.1) is 18.3 Å². The second-order valence-corrected chi connectivity index (χ2v) is 8.07. The summed E-state index contributed by atoms with van der Waals surface area (Å²) in [4.78, 5) is 12.3. The Morgan fingerprint density at radius 2 is 1.97 bits per heavy atom. The molecule has 1 atom stereocenters. The second kappa shape index (κ2) is 10.4. The maximum Gasteiger partial charge on any atom is 0.411 e. The van der Waals surface area contributed by atoms with Gasteiger partial charge >= 0.3 is 6.09 Å². The van der Waals surface area contributed by atoms with Crippen molar-refractivity contribution >= 4 is 28.7 Å². The standard InChI is InChI=1S/C26H23N5O5/c1-17-23(30-26(32)34-15-22-14-33-16-35-22)13-31-25(17)24(18(11-27)12-28-31)29-19-7-9-21(10-8-19)36-20-5-3-2-4-6-20/h2-10,12-13,22,29H,14-16H2,1H3,(H,30,32). The van der Waals surface area contributed by atoms with Crippen LogP contribution in [0.15, 0.2) is 67.0 Å². The van der Waals surface area contributed by atoms with Crippen LogP contribution in [0.2, 0.25) is 0 Å². The Morgan fingerprint density at radius 3 is 2.69 bits per heavy atom. The van der Waals surface area contributed by atoms with Crippen LogP contribution in [0.4, 0.5) is 21.9 Å². The van der Waals surface area contributed by atoms with Gasteiger partial charge in [0.2, 0.25) is 0 Å². The van der Waals surface area contributed by atoms with Crippen molar-refractivity contribution in [3.63, 3.8) is 0 Å². The number of aromatic nitrogens is 2. The van der Waals surface area contributed by atoms with Crippen molar-refractivity contribution in [1.29, 1.82) is 5.26 Å². The number of nitrogens with one attached hydrogen (secondary N) is 2. The molecule has 2 N–H and O–H groups in total. The summed E-state index contributed by atoms with van der Waals surface area (Å²) in [6, 6.07) is 19.1. The fourth-order valence-corrected chi connectivity index (χ4v) is 3.78. The number of nitriles is 1. The number of aryl methyl sites for hydroxylation is 1. The molecule has 182 valence electrons. The molecule has 0 bridgehead atoms. The summed E-state index contributed by atoms with van der Waals surface area (Å²) in [6.07, 6.45) is 2.25. The highest BCUT2D eigenvalue weighted by Gasteiger charge is 2.20. The van der Waals surface area contributed by atoms with Crippen molar-refractivity contribution < 1.29 is 23.7 Å². The number of hydrogen-bond donors (Lipinski definition) is 2. The fraction of sp³-hybridized carbons (Fsp3) is 0.192. The van der Waals surface area contributed by atoms with E-state index < -0.39 is 6.09 Å². The van der Waals surface area contributed by atoms with Crippen molar-refractivity contribution in [1.82, 2.24) is 9.61 Å². The quantitative estimate of drug-likeness (QED) is 0.377. The van der Waals surface area contributed by atoms with Crippen LogP contribution in [0.25, 0.3) is 5.52 Å². The monoisotopic (exact) mass is 485 g/mol. The topological polar surface area (TPSA) is 119 Å². The number of amides is 1. The van der Waals surface area contributed by atoms with Gasteiger partial charge < -0.3 is 24.3 Å². The maximum atomic E-state index is 12.3. The Kier molecular flexibility index (Phi) is 6.66. The molecule has 2 aromatic heterocycles. The SMILES string of the molecule is Cc1c(NC(=O)OCC2COCO2)cn2ncc(C#N)c(Nc3ccc(Oc4ccccc4)cc3)c12. The number of carbonyl (C=O) groups excluding carboxylic acids is 1. The Bertz CT molecular complexity index is 1410. The molecular formula is C26H23N5O5. The first-order chi connectivity index (χ1) is 17.6. The minimum atomic E-state index is -0.617. The number of anilines is 3. The predicted octanol–water partition coefficient (Wildman–Crippen LogP) is 4.97. The molecule has 1 aliphatic heterocycles. The number of fused-ring (bicyclic) bond motifs is 1. The molecule has 0 aliphatic carbocycles. The molecular weight excluding hydrogens is 462 g/mol. The van der Waals surface area contributed by atoms with E-state index in [-0.39, 0.29) is 19.5 Å². The predicted molar refractivity (Wildman–Crippen MR) is 132 cm³/mol. The average Bonchev–Trinajstić information content (AvgIpc) is 3.53. The second-order valence-electron chi connectivity index (χ2n) is 8.07. The first kappa shape index (κ1) is 23.2. The molecule has 1 amide bonds. The van der Waals surface area contributed by atoms with E-state index in [1.54, 1.807) is 10.7 Å². The molecule has 10 nitrogen and oxygen atoms in total. The van der Waals surface area contributed by atoms with Crippen LogP contribution in [-0.2, 0) is 14.2 Å². The molecule has 1 unspecified atom stereocenters. The van der Waals surface area contributed by atoms with Gasteiger partial charge in [0.25, 0.3) is 0 Å². The molecule has 0 saturated carbocycles. The van der Waals surface area contributed by atoms with E-state index in [4.69, 9.17) is 18.9 Å². The average molecular weight is 486 g/mol. The number of ether oxygens (including phenoxy) is 4. The Balaban J connectivity index is 1.35. The van der Waals surface area contributed by atoms with Gasteiger partial charge in [0, 0.05) is 11.3 Å². The minimum absolute atomic E-state index is 0.0892. The van der Waals surface area contributed by atoms with Gasteiger partial charge in [-0.05, 0) is 43.3 Å². The van der Waals surface area contributed by atoms with Gasteiger partial charge in [0.05, 0.1) is 41.5 Å². The van der Waals surface area contributed by atoms with Crippen LogP contribution in [0.1, 0.15) is 11.1 Å². The number of nitrogens with zero attached hydrogens (tertiary/aromatic N) is 3. The van der Waals surface area contributed by atoms with Gasteiger partial charge in [-0.15, -0.1) is 0 Å². The van der Waals surface area contributed by atoms with Crippen LogP contribution in [0.5, 0.6) is 11.5 Å². The summed E-state index contributed by atoms with van der Waals surface area (Å²) in [5.74, 6) is 1.43. The third kappa shape index (κ3) is 5.07. The molecule has 0 spiro atoms. The normalized spacial score (nSPS) is 14.8. The Hall–Kier alpha value is -4.59. The van der Waals surface area contributed by atoms with Crippen molar-refractivity contribution in [2.45, 2.75) is 13.0 Å². The van der Waals surface area contributed by atoms with Gasteiger partial charge in [0.1, 0.15) is 37.1 Å². The highest BCUT2D eigenvalue weighted by Crippen LogP contribution is 2.33. The van der Waals surface area contributed by atoms with E-state index >= 15 is 0 Å². The van der Waals surface area contributed by atoms with Gasteiger partial charge in [0.15, 0.2) is 0 Å². The lowest BCUT2D eigenvalue weighted by Crippen LogP contribution is -2.23. The molecule has 1 fully saturated rings. The number of carbonyl (C=O) groups is 1. The maximum absolute atomic E-state index is 12.3. The first-order valence-electron chi connectivity index (χ1n) is 11.2. The fourth-order valence-electron chi connectivity index (χ4n) is 3.78. The first-order valence-corrected chi connectivity index (χ1v) is 11.2. The van der Waals surface area contributed by atoms with Crippen LogP contribution >= 0.6 is 0 Å². The van der Waals surface area contributed by atoms with Gasteiger partial charge in [-0.25, -0.2) is 9.31 Å². The number of hydrogen-bond acceptors (Lipinski definition) is 8. The lowest BCUT2D eigenvalue weighted by atomic mass is 10.1. The van der Waals surface area contributed by atoms with Crippen LogP contribution < -0.4 is 15.4 Å². The summed E-state index contributed by atoms with van der Waals surface area (Å²) in [5.41, 5.74) is 3.58. The lowest BCUT2D eigenvalue weighted by Gasteiger charge is -2.12. The minimum Gasteiger partial charge on any atom is -0.457 e. The van der Waals surface area contributed by atoms with Crippen molar-refractivity contribution in [3.8, 4) is 17.6 Å². The number of para-hydroxylation sites is 1. The van der Waals surface area contributed by atoms with Crippen LogP contribution in [-0.4, -0.2) is 41.8 Å². The molecule has 4 aromatic rings. The zero-order chi connectivity index (χ0) is 24.9. The summed E-state index contributed by atoms with van der Waals surface area (Å²) >= 11 is 0. The van der Waals surface area contributed by atoms with Gasteiger partial charge in [-0.3, -0.25) is 5.32 Å². The largest absolute Gasteiger partial charge is 0.457 e. The molecule has 36 heavy (non-hydrogen) atoms. The van der Waals surface area contributed by atoms with Crippen molar-refractivity contribution in [3.05, 3.63) is 78.1 Å². The summed E-state index contributed by atoms with van der Waals surface area (Å²) in [6.45, 7) is 2.51. The smallest absolute Gasteiger partial charge is 0.411 e. The zero-order valence-corrected chi connectivity index (χ0v) is 19.4. The van der Waals surface area contributed by atoms with Gasteiger partial charge in [-0.2, -0.15) is 10.4 Å². The highest BCUT2D eigenvalue weighted by atomic mass is 16.7. The van der Waals surface area contributed by atoms with E-state index in [1.165, 1.54) is 6.20 Å². The summed E-state index contributed by atoms with van der Waals surface area (Å²) in [5, 5.41) is 20.1. The van der Waals surface area contributed by atoms with E-state index in [0.29, 0.717) is 34.8 Å². The lowest BCUT2D eigenvalue weighted by molar-refractivity contribution is 0.0240. The van der Waals surface area contributed by atoms with E-state index in [9.17, 15) is 10.1 Å². The Morgan fingerprint density at radius 1 is 1.19 bits per heavy atom. The number of rotatable bonds is 7. The van der Waals surface area contributed by atoms with Crippen molar-refractivity contribution in [2.75, 3.05) is 30.6 Å². The third-order valence-electron chi connectivity index (χ3n) is 5.61. The molecule has 1 saturated heterocycles. The molecule has 0 radical (unpaired) electrons. The van der Waals surface area contributed by atoms with Crippen LogP contribution in [0.3, 0.4) is 0 Å². The molecule has 1 aliphatic rings. The highest BCUT2D eigenvalue weighted by molar-refractivity contribution is 5.92. The summed E-state index contributed by atoms with van der Waals surface area (Å²) < 4.78 is 23.1. The molecule has 3 heterocycles. The number of benzene rings is 2.